The second-order valence-corrected chi connectivity index (χ2v) is 3.66. The van der Waals surface area contributed by atoms with Crippen molar-refractivity contribution in [3.63, 3.8) is 0 Å². The quantitative estimate of drug-likeness (QED) is 0.540. The Morgan fingerprint density at radius 2 is 2.36 bits per heavy atom. The van der Waals surface area contributed by atoms with Crippen molar-refractivity contribution in [2.75, 3.05) is 0 Å². The molecule has 11 heavy (non-hydrogen) atoms. The summed E-state index contributed by atoms with van der Waals surface area (Å²) < 4.78 is 1.09. The summed E-state index contributed by atoms with van der Waals surface area (Å²) in [6, 6.07) is 0. The van der Waals surface area contributed by atoms with Crippen molar-refractivity contribution in [1.29, 1.82) is 0 Å². The van der Waals surface area contributed by atoms with Crippen molar-refractivity contribution in [2.24, 2.45) is 0 Å². The number of rotatable bonds is 0. The smallest absolute Gasteiger partial charge is 0.120 e. The molecule has 0 saturated heterocycles. The first-order valence-electron chi connectivity index (χ1n) is 3.03. The maximum Gasteiger partial charge on any atom is 0.120 e. The highest BCUT2D eigenvalue weighted by Crippen LogP contribution is 2.25. The van der Waals surface area contributed by atoms with Gasteiger partial charge in [-0.15, -0.1) is 0 Å². The van der Waals surface area contributed by atoms with Gasteiger partial charge < -0.3 is 0 Å². The zero-order valence-corrected chi connectivity index (χ0v) is 8.37. The van der Waals surface area contributed by atoms with E-state index in [0.717, 1.165) is 8.74 Å². The topological polar surface area (TPSA) is 18.5 Å². The third-order valence-electron chi connectivity index (χ3n) is 1.39. The van der Waals surface area contributed by atoms with Crippen molar-refractivity contribution in [3.05, 3.63) is 33.4 Å². The van der Waals surface area contributed by atoms with Crippen LogP contribution in [0.3, 0.4) is 0 Å². The van der Waals surface area contributed by atoms with Gasteiger partial charge >= 0.3 is 0 Å². The molecule has 3 nitrogen and oxygen atoms in total. The van der Waals surface area contributed by atoms with Gasteiger partial charge in [-0.2, -0.15) is 5.12 Å². The Morgan fingerprint density at radius 3 is 3.18 bits per heavy atom. The first-order valence-corrected chi connectivity index (χ1v) is 4.49. The molecule has 0 fully saturated rings. The molecule has 0 aromatic rings. The monoisotopic (exact) mass is 281 g/mol. The molecule has 5 heteroatoms. The molecule has 0 aromatic heterocycles. The van der Waals surface area contributed by atoms with Crippen LogP contribution in [0.15, 0.2) is 33.4 Å². The fourth-order valence-corrected chi connectivity index (χ4v) is 1.55. The van der Waals surface area contributed by atoms with Crippen LogP contribution in [-0.2, 0) is 0 Å². The lowest BCUT2D eigenvalue weighted by atomic mass is 10.5. The number of halogens is 2. The van der Waals surface area contributed by atoms with E-state index in [9.17, 15) is 0 Å². The summed E-state index contributed by atoms with van der Waals surface area (Å²) >= 11 is 8.02. The van der Waals surface area contributed by atoms with E-state index in [1.165, 1.54) is 0 Å². The molecule has 2 rings (SSSR count). The molecule has 2 aliphatic heterocycles. The zero-order chi connectivity index (χ0) is 7.84. The number of hydrogen-bond donors (Lipinski definition) is 1. The Kier molecular flexibility index (Phi) is 1.72. The predicted molar refractivity (Wildman–Crippen MR) is 52.0 cm³/mol. The molecule has 0 amide bonds. The minimum Gasteiger partial charge on any atom is -0.284 e. The van der Waals surface area contributed by atoms with E-state index in [0.29, 0.717) is 0 Å². The van der Waals surface area contributed by atoms with Gasteiger partial charge in [-0.25, -0.2) is 5.01 Å². The van der Waals surface area contributed by atoms with Crippen molar-refractivity contribution in [2.45, 2.75) is 0 Å². The van der Waals surface area contributed by atoms with Crippen LogP contribution in [-0.4, -0.2) is 10.1 Å². The molecule has 2 heterocycles. The van der Waals surface area contributed by atoms with E-state index in [4.69, 9.17) is 11.6 Å². The third kappa shape index (κ3) is 1.20. The average molecular weight is 281 g/mol. The Morgan fingerprint density at radius 1 is 1.55 bits per heavy atom. The van der Waals surface area contributed by atoms with Crippen LogP contribution < -0.4 is 5.43 Å². The van der Waals surface area contributed by atoms with Gasteiger partial charge in [-0.1, -0.05) is 11.6 Å². The van der Waals surface area contributed by atoms with Crippen molar-refractivity contribution in [3.8, 4) is 0 Å². The molecule has 0 spiro atoms. The second-order valence-electron chi connectivity index (χ2n) is 2.12. The van der Waals surface area contributed by atoms with Crippen LogP contribution in [0.1, 0.15) is 0 Å². The molecule has 0 aromatic carbocycles. The van der Waals surface area contributed by atoms with E-state index in [1.807, 2.05) is 34.8 Å². The molecular weight excluding hydrogens is 276 g/mol. The Hall–Kier alpha value is -0.360. The standard InChI is InChI=1S/C6H5ClIN3/c7-5-1-2-11-9-3-6(8)10(11)4-5/h1-4,9H. The second kappa shape index (κ2) is 2.60. The first kappa shape index (κ1) is 7.30. The van der Waals surface area contributed by atoms with Gasteiger partial charge in [0, 0.05) is 12.4 Å². The van der Waals surface area contributed by atoms with Crippen LogP contribution in [0.5, 0.6) is 0 Å². The van der Waals surface area contributed by atoms with Crippen LogP contribution in [0.25, 0.3) is 0 Å². The normalized spacial score (nSPS) is 20.9. The molecule has 58 valence electrons. The van der Waals surface area contributed by atoms with Gasteiger partial charge in [-0.3, -0.25) is 5.43 Å². The summed E-state index contributed by atoms with van der Waals surface area (Å²) in [6.45, 7) is 0. The summed E-state index contributed by atoms with van der Waals surface area (Å²) in [5.74, 6) is 0. The van der Waals surface area contributed by atoms with Gasteiger partial charge in [-0.05, 0) is 28.7 Å². The number of nitrogens with zero attached hydrogens (tertiary/aromatic N) is 2. The number of hydrogen-bond acceptors (Lipinski definition) is 3. The van der Waals surface area contributed by atoms with Crippen molar-refractivity contribution in [1.82, 2.24) is 15.6 Å². The lowest BCUT2D eigenvalue weighted by Crippen LogP contribution is -2.35. The lowest BCUT2D eigenvalue weighted by Gasteiger charge is -2.27. The fraction of sp³-hybridized carbons (Fsp3) is 0. The average Bonchev–Trinajstić information content (AvgIpc) is 2.33. The molecule has 0 unspecified atom stereocenters. The number of hydrazine groups is 2. The molecule has 0 radical (unpaired) electrons. The minimum absolute atomic E-state index is 0.729. The van der Waals surface area contributed by atoms with Gasteiger partial charge in [0.1, 0.15) is 3.70 Å². The maximum absolute atomic E-state index is 5.80. The molecular formula is C6H5ClIN3. The van der Waals surface area contributed by atoms with E-state index in [2.05, 4.69) is 28.0 Å². The third-order valence-corrected chi connectivity index (χ3v) is 2.42. The van der Waals surface area contributed by atoms with Gasteiger partial charge in [0.2, 0.25) is 0 Å². The van der Waals surface area contributed by atoms with E-state index >= 15 is 0 Å². The van der Waals surface area contributed by atoms with Crippen LogP contribution in [0, 0.1) is 0 Å². The summed E-state index contributed by atoms with van der Waals surface area (Å²) in [5, 5.41) is 4.49. The largest absolute Gasteiger partial charge is 0.284 e. The highest BCUT2D eigenvalue weighted by atomic mass is 127. The number of allylic oxidation sites excluding steroid dienone is 2. The summed E-state index contributed by atoms with van der Waals surface area (Å²) in [5.41, 5.74) is 3.03. The molecule has 1 N–H and O–H groups in total. The lowest BCUT2D eigenvalue weighted by molar-refractivity contribution is 0.112. The van der Waals surface area contributed by atoms with Gasteiger partial charge in [0.15, 0.2) is 0 Å². The highest BCUT2D eigenvalue weighted by molar-refractivity contribution is 14.1. The highest BCUT2D eigenvalue weighted by Gasteiger charge is 2.19. The first-order chi connectivity index (χ1) is 5.27. The van der Waals surface area contributed by atoms with Crippen LogP contribution in [0.4, 0.5) is 0 Å². The van der Waals surface area contributed by atoms with E-state index in [1.54, 1.807) is 0 Å². The molecule has 0 saturated carbocycles. The van der Waals surface area contributed by atoms with E-state index in [-0.39, 0.29) is 0 Å². The summed E-state index contributed by atoms with van der Waals surface area (Å²) in [7, 11) is 0. The van der Waals surface area contributed by atoms with Crippen molar-refractivity contribution >= 4 is 34.2 Å². The zero-order valence-electron chi connectivity index (χ0n) is 5.46. The van der Waals surface area contributed by atoms with E-state index < -0.39 is 0 Å². The Bertz CT molecular complexity index is 271. The summed E-state index contributed by atoms with van der Waals surface area (Å²) in [4.78, 5) is 0. The SMILES string of the molecule is ClC1=CN2C(I)=CNN2C=C1. The summed E-state index contributed by atoms with van der Waals surface area (Å²) in [6.07, 6.45) is 7.44. The predicted octanol–water partition coefficient (Wildman–Crippen LogP) is 1.86. The number of fused-ring (bicyclic) bond motifs is 1. The van der Waals surface area contributed by atoms with Gasteiger partial charge in [0.05, 0.1) is 11.2 Å². The Labute approximate surface area is 83.1 Å². The fourth-order valence-electron chi connectivity index (χ4n) is 0.891. The molecule has 0 bridgehead atoms. The molecule has 2 aliphatic rings. The van der Waals surface area contributed by atoms with Crippen molar-refractivity contribution < 1.29 is 0 Å². The Balaban J connectivity index is 2.29. The minimum atomic E-state index is 0.729. The maximum atomic E-state index is 5.80. The van der Waals surface area contributed by atoms with Crippen LogP contribution >= 0.6 is 34.2 Å². The molecule has 0 aliphatic carbocycles. The van der Waals surface area contributed by atoms with Gasteiger partial charge in [0.25, 0.3) is 0 Å². The number of nitrogens with one attached hydrogen (secondary N) is 1. The van der Waals surface area contributed by atoms with Crippen LogP contribution in [0.2, 0.25) is 0 Å². The molecule has 0 atom stereocenters.